The van der Waals surface area contributed by atoms with Crippen LogP contribution in [0.3, 0.4) is 0 Å². The molecule has 1 aliphatic carbocycles. The summed E-state index contributed by atoms with van der Waals surface area (Å²) in [6.07, 6.45) is 2.43. The van der Waals surface area contributed by atoms with Gasteiger partial charge in [0.05, 0.1) is 24.7 Å². The predicted molar refractivity (Wildman–Crippen MR) is 54.2 cm³/mol. The zero-order valence-electron chi connectivity index (χ0n) is 9.09. The third kappa shape index (κ3) is 2.14. The van der Waals surface area contributed by atoms with E-state index in [1.807, 2.05) is 6.92 Å². The average molecular weight is 215 g/mol. The first-order chi connectivity index (χ1) is 7.12. The SMILES string of the molecule is CC1(C(=O)N[C@@H]2CCCC[C@H]2F)COC1. The zero-order valence-corrected chi connectivity index (χ0v) is 9.09. The topological polar surface area (TPSA) is 38.3 Å². The van der Waals surface area contributed by atoms with Gasteiger partial charge in [0.2, 0.25) is 5.91 Å². The van der Waals surface area contributed by atoms with Crippen molar-refractivity contribution in [2.75, 3.05) is 13.2 Å². The molecule has 0 aromatic carbocycles. The van der Waals surface area contributed by atoms with Gasteiger partial charge >= 0.3 is 0 Å². The predicted octanol–water partition coefficient (Wildman–Crippen LogP) is 1.42. The van der Waals surface area contributed by atoms with Crippen molar-refractivity contribution in [3.8, 4) is 0 Å². The van der Waals surface area contributed by atoms with E-state index in [0.29, 0.717) is 19.6 Å². The van der Waals surface area contributed by atoms with Gasteiger partial charge in [-0.1, -0.05) is 12.8 Å². The first kappa shape index (κ1) is 10.9. The van der Waals surface area contributed by atoms with E-state index in [0.717, 1.165) is 19.3 Å². The van der Waals surface area contributed by atoms with Gasteiger partial charge in [0.15, 0.2) is 0 Å². The van der Waals surface area contributed by atoms with Gasteiger partial charge < -0.3 is 10.1 Å². The summed E-state index contributed by atoms with van der Waals surface area (Å²) >= 11 is 0. The Kier molecular flexibility index (Phi) is 2.96. The van der Waals surface area contributed by atoms with Gasteiger partial charge in [-0.25, -0.2) is 4.39 Å². The average Bonchev–Trinajstić information content (AvgIpc) is 2.18. The molecule has 0 radical (unpaired) electrons. The summed E-state index contributed by atoms with van der Waals surface area (Å²) in [7, 11) is 0. The number of alkyl halides is 1. The van der Waals surface area contributed by atoms with Crippen LogP contribution in [0, 0.1) is 5.41 Å². The quantitative estimate of drug-likeness (QED) is 0.756. The molecule has 1 saturated heterocycles. The Bertz CT molecular complexity index is 253. The third-order valence-corrected chi connectivity index (χ3v) is 3.39. The molecule has 2 atom stereocenters. The lowest BCUT2D eigenvalue weighted by Crippen LogP contribution is -2.56. The van der Waals surface area contributed by atoms with E-state index in [9.17, 15) is 9.18 Å². The number of hydrogen-bond donors (Lipinski definition) is 1. The van der Waals surface area contributed by atoms with Crippen LogP contribution >= 0.6 is 0 Å². The van der Waals surface area contributed by atoms with E-state index in [-0.39, 0.29) is 11.9 Å². The van der Waals surface area contributed by atoms with Crippen LogP contribution in [0.4, 0.5) is 4.39 Å². The van der Waals surface area contributed by atoms with E-state index in [1.165, 1.54) is 0 Å². The molecule has 2 fully saturated rings. The van der Waals surface area contributed by atoms with E-state index >= 15 is 0 Å². The van der Waals surface area contributed by atoms with Crippen molar-refractivity contribution in [3.63, 3.8) is 0 Å². The Balaban J connectivity index is 1.87. The van der Waals surface area contributed by atoms with Gasteiger partial charge in [-0.3, -0.25) is 4.79 Å². The highest BCUT2D eigenvalue weighted by Crippen LogP contribution is 2.28. The summed E-state index contributed by atoms with van der Waals surface area (Å²) in [6.45, 7) is 2.78. The van der Waals surface area contributed by atoms with Gasteiger partial charge in [-0.05, 0) is 19.8 Å². The van der Waals surface area contributed by atoms with Gasteiger partial charge in [-0.15, -0.1) is 0 Å². The second-order valence-corrected chi connectivity index (χ2v) is 4.93. The second kappa shape index (κ2) is 4.08. The molecule has 0 unspecified atom stereocenters. The number of amides is 1. The van der Waals surface area contributed by atoms with Crippen molar-refractivity contribution in [2.45, 2.75) is 44.8 Å². The molecule has 2 rings (SSSR count). The Morgan fingerprint density at radius 2 is 2.07 bits per heavy atom. The van der Waals surface area contributed by atoms with E-state index in [4.69, 9.17) is 4.74 Å². The van der Waals surface area contributed by atoms with Crippen LogP contribution in [0.1, 0.15) is 32.6 Å². The standard InChI is InChI=1S/C11H18FNO2/c1-11(6-15-7-11)10(14)13-9-5-3-2-4-8(9)12/h8-9H,2-7H2,1H3,(H,13,14)/t8-,9-/m1/s1. The maximum absolute atomic E-state index is 13.5. The molecule has 1 amide bonds. The number of halogens is 1. The molecule has 4 heteroatoms. The normalized spacial score (nSPS) is 34.3. The monoisotopic (exact) mass is 215 g/mol. The molecule has 0 aromatic heterocycles. The fraction of sp³-hybridized carbons (Fsp3) is 0.909. The number of ether oxygens (including phenoxy) is 1. The highest BCUT2D eigenvalue weighted by atomic mass is 19.1. The maximum atomic E-state index is 13.5. The second-order valence-electron chi connectivity index (χ2n) is 4.93. The van der Waals surface area contributed by atoms with E-state index in [2.05, 4.69) is 5.32 Å². The number of nitrogens with one attached hydrogen (secondary N) is 1. The molecule has 3 nitrogen and oxygen atoms in total. The van der Waals surface area contributed by atoms with Gasteiger partial charge in [-0.2, -0.15) is 0 Å². The summed E-state index contributed by atoms with van der Waals surface area (Å²) in [5, 5.41) is 2.82. The lowest BCUT2D eigenvalue weighted by atomic mass is 9.86. The van der Waals surface area contributed by atoms with Gasteiger partial charge in [0, 0.05) is 0 Å². The first-order valence-corrected chi connectivity index (χ1v) is 5.65. The van der Waals surface area contributed by atoms with Crippen molar-refractivity contribution in [2.24, 2.45) is 5.41 Å². The molecule has 0 spiro atoms. The molecule has 15 heavy (non-hydrogen) atoms. The van der Waals surface area contributed by atoms with Crippen molar-refractivity contribution in [1.29, 1.82) is 0 Å². The van der Waals surface area contributed by atoms with Gasteiger partial charge in [0.25, 0.3) is 0 Å². The Morgan fingerprint density at radius 1 is 1.40 bits per heavy atom. The Morgan fingerprint density at radius 3 is 2.60 bits per heavy atom. The molecule has 1 saturated carbocycles. The highest BCUT2D eigenvalue weighted by Gasteiger charge is 2.42. The molecule has 1 heterocycles. The van der Waals surface area contributed by atoms with Crippen LogP contribution in [0.5, 0.6) is 0 Å². The van der Waals surface area contributed by atoms with Crippen LogP contribution in [0.2, 0.25) is 0 Å². The summed E-state index contributed by atoms with van der Waals surface area (Å²) in [4.78, 5) is 11.8. The van der Waals surface area contributed by atoms with E-state index in [1.54, 1.807) is 0 Å². The minimum Gasteiger partial charge on any atom is -0.379 e. The number of carbonyl (C=O) groups is 1. The summed E-state index contributed by atoms with van der Waals surface area (Å²) in [6, 6.07) is -0.274. The maximum Gasteiger partial charge on any atom is 0.230 e. The molecule has 2 aliphatic rings. The number of rotatable bonds is 2. The summed E-state index contributed by atoms with van der Waals surface area (Å²) in [5.74, 6) is -0.0525. The largest absolute Gasteiger partial charge is 0.379 e. The van der Waals surface area contributed by atoms with Crippen LogP contribution in [-0.4, -0.2) is 31.3 Å². The van der Waals surface area contributed by atoms with Crippen LogP contribution < -0.4 is 5.32 Å². The van der Waals surface area contributed by atoms with Crippen molar-refractivity contribution in [3.05, 3.63) is 0 Å². The summed E-state index contributed by atoms with van der Waals surface area (Å²) < 4.78 is 18.5. The highest BCUT2D eigenvalue weighted by molar-refractivity contribution is 5.83. The third-order valence-electron chi connectivity index (χ3n) is 3.39. The molecular formula is C11H18FNO2. The van der Waals surface area contributed by atoms with Gasteiger partial charge in [0.1, 0.15) is 6.17 Å². The molecule has 86 valence electrons. The van der Waals surface area contributed by atoms with Crippen molar-refractivity contribution < 1.29 is 13.9 Å². The smallest absolute Gasteiger partial charge is 0.230 e. The van der Waals surface area contributed by atoms with E-state index < -0.39 is 11.6 Å². The Hall–Kier alpha value is -0.640. The minimum absolute atomic E-state index is 0.0525. The molecule has 0 aromatic rings. The molecule has 0 bridgehead atoms. The van der Waals surface area contributed by atoms with Crippen molar-refractivity contribution >= 4 is 5.91 Å². The fourth-order valence-corrected chi connectivity index (χ4v) is 2.13. The molecular weight excluding hydrogens is 197 g/mol. The fourth-order valence-electron chi connectivity index (χ4n) is 2.13. The van der Waals surface area contributed by atoms with Crippen molar-refractivity contribution in [1.82, 2.24) is 5.32 Å². The molecule has 1 N–H and O–H groups in total. The Labute approximate surface area is 89.4 Å². The van der Waals surface area contributed by atoms with Crippen LogP contribution in [-0.2, 0) is 9.53 Å². The number of carbonyl (C=O) groups excluding carboxylic acids is 1. The lowest BCUT2D eigenvalue weighted by molar-refractivity contribution is -0.159. The minimum atomic E-state index is -0.868. The summed E-state index contributed by atoms with van der Waals surface area (Å²) in [5.41, 5.74) is -0.419. The number of hydrogen-bond acceptors (Lipinski definition) is 2. The first-order valence-electron chi connectivity index (χ1n) is 5.65. The van der Waals surface area contributed by atoms with Crippen LogP contribution in [0.25, 0.3) is 0 Å². The zero-order chi connectivity index (χ0) is 10.9. The molecule has 1 aliphatic heterocycles. The van der Waals surface area contributed by atoms with Crippen LogP contribution in [0.15, 0.2) is 0 Å². The lowest BCUT2D eigenvalue weighted by Gasteiger charge is -2.38.